The first-order valence-corrected chi connectivity index (χ1v) is 23.1. The maximum Gasteiger partial charge on any atom is 0.148 e. The molecule has 0 bridgehead atoms. The quantitative estimate of drug-likeness (QED) is 0.133. The third-order valence-corrected chi connectivity index (χ3v) is 13.8. The molecule has 11 aromatic carbocycles. The van der Waals surface area contributed by atoms with Gasteiger partial charge >= 0.3 is 0 Å². The van der Waals surface area contributed by atoms with Gasteiger partial charge in [0.1, 0.15) is 5.82 Å². The highest BCUT2D eigenvalue weighted by atomic mass is 32.1. The zero-order valence-corrected chi connectivity index (χ0v) is 36.7. The minimum Gasteiger partial charge on any atom is -0.310 e. The van der Waals surface area contributed by atoms with E-state index in [1.165, 1.54) is 42.1 Å². The summed E-state index contributed by atoms with van der Waals surface area (Å²) in [6.07, 6.45) is 0. The van der Waals surface area contributed by atoms with Crippen molar-refractivity contribution >= 4 is 87.2 Å². The van der Waals surface area contributed by atoms with E-state index in [0.717, 1.165) is 61.5 Å². The maximum absolute atomic E-state index is 17.4. The molecule has 0 N–H and O–H groups in total. The van der Waals surface area contributed by atoms with E-state index in [1.807, 2.05) is 78.1 Å². The molecular weight excluding hydrogens is 824 g/mol. The number of hydrogen-bond acceptors (Lipinski definition) is 3. The van der Waals surface area contributed by atoms with Crippen molar-refractivity contribution in [3.63, 3.8) is 0 Å². The van der Waals surface area contributed by atoms with E-state index in [4.69, 9.17) is 0 Å². The van der Waals surface area contributed by atoms with Gasteiger partial charge in [-0.1, -0.05) is 182 Å². The number of thiophene rings is 1. The van der Waals surface area contributed by atoms with Crippen molar-refractivity contribution in [1.82, 2.24) is 0 Å². The van der Waals surface area contributed by atoms with Crippen molar-refractivity contribution in [3.8, 4) is 33.4 Å². The molecule has 0 saturated heterocycles. The smallest absolute Gasteiger partial charge is 0.148 e. The molecule has 12 aromatic rings. The van der Waals surface area contributed by atoms with Crippen LogP contribution in [0.5, 0.6) is 0 Å². The molecule has 0 aliphatic carbocycles. The molecule has 66 heavy (non-hydrogen) atoms. The van der Waals surface area contributed by atoms with Crippen molar-refractivity contribution in [2.24, 2.45) is 0 Å². The SMILES string of the molecule is Fc1cc(-c2ccccc2)cc(-c2ccccc2)c1N(c1ccccc1)c1ccc2c(c1)c1ccccc1c1c3ccc(N(c4ccccc4)c4ccccc4-c4ccccc4)cc3sc21. The first-order valence-electron chi connectivity index (χ1n) is 22.3. The van der Waals surface area contributed by atoms with E-state index in [-0.39, 0.29) is 5.82 Å². The molecule has 0 unspecified atom stereocenters. The van der Waals surface area contributed by atoms with Gasteiger partial charge in [-0.25, -0.2) is 4.39 Å². The van der Waals surface area contributed by atoms with Crippen LogP contribution in [-0.2, 0) is 0 Å². The summed E-state index contributed by atoms with van der Waals surface area (Å²) in [7, 11) is 0. The lowest BCUT2D eigenvalue weighted by Crippen LogP contribution is -2.13. The number of nitrogens with zero attached hydrogens (tertiary/aromatic N) is 2. The lowest BCUT2D eigenvalue weighted by atomic mass is 9.94. The Kier molecular flexibility index (Phi) is 9.93. The molecule has 0 spiro atoms. The standard InChI is InChI=1S/C62H41FN2S/c63-57-39-45(42-20-6-1-7-21-42)38-55(44-24-10-3-11-25-44)61(57)65(47-28-14-5-15-29-47)48-34-36-53-56(40-48)51-31-16-17-32-52(51)60-54-37-35-49(41-59(54)66-62(53)60)64(46-26-12-4-13-27-46)58-33-19-18-30-50(58)43-22-8-2-9-23-43/h1-41H. The number of fused-ring (bicyclic) bond motifs is 8. The van der Waals surface area contributed by atoms with Crippen LogP contribution < -0.4 is 9.80 Å². The zero-order chi connectivity index (χ0) is 44.0. The highest BCUT2D eigenvalue weighted by molar-refractivity contribution is 7.27. The summed E-state index contributed by atoms with van der Waals surface area (Å²) in [5.74, 6) is -0.296. The number of para-hydroxylation sites is 3. The first-order chi connectivity index (χ1) is 32.7. The summed E-state index contributed by atoms with van der Waals surface area (Å²) in [5, 5.41) is 7.12. The summed E-state index contributed by atoms with van der Waals surface area (Å²) in [5.41, 5.74) is 11.4. The fourth-order valence-corrected chi connectivity index (χ4v) is 11.0. The molecular formula is C62H41FN2S. The number of halogens is 1. The van der Waals surface area contributed by atoms with Gasteiger partial charge in [0.25, 0.3) is 0 Å². The largest absolute Gasteiger partial charge is 0.310 e. The predicted octanol–water partition coefficient (Wildman–Crippen LogP) is 18.4. The molecule has 0 radical (unpaired) electrons. The summed E-state index contributed by atoms with van der Waals surface area (Å²) >= 11 is 1.84. The van der Waals surface area contributed by atoms with Crippen molar-refractivity contribution in [3.05, 3.63) is 255 Å². The fraction of sp³-hybridized carbons (Fsp3) is 0. The number of hydrogen-bond donors (Lipinski definition) is 0. The molecule has 0 aliphatic rings. The highest BCUT2D eigenvalue weighted by Gasteiger charge is 2.25. The Morgan fingerprint density at radius 3 is 1.50 bits per heavy atom. The zero-order valence-electron chi connectivity index (χ0n) is 35.9. The van der Waals surface area contributed by atoms with Crippen LogP contribution in [0.25, 0.3) is 75.1 Å². The topological polar surface area (TPSA) is 6.48 Å². The monoisotopic (exact) mass is 864 g/mol. The Morgan fingerprint density at radius 2 is 0.833 bits per heavy atom. The lowest BCUT2D eigenvalue weighted by Gasteiger charge is -2.29. The Labute approximate surface area is 387 Å². The van der Waals surface area contributed by atoms with Crippen molar-refractivity contribution in [2.45, 2.75) is 0 Å². The average Bonchev–Trinajstić information content (AvgIpc) is 3.78. The van der Waals surface area contributed by atoms with E-state index in [2.05, 4.69) is 186 Å². The molecule has 0 saturated carbocycles. The second kappa shape index (κ2) is 16.7. The number of benzene rings is 11. The third kappa shape index (κ3) is 6.87. The molecule has 0 atom stereocenters. The molecule has 0 amide bonds. The van der Waals surface area contributed by atoms with Crippen molar-refractivity contribution < 1.29 is 4.39 Å². The van der Waals surface area contributed by atoms with Gasteiger partial charge in [0.2, 0.25) is 0 Å². The summed E-state index contributed by atoms with van der Waals surface area (Å²) in [6, 6.07) is 86.5. The summed E-state index contributed by atoms with van der Waals surface area (Å²) in [4.78, 5) is 4.47. The van der Waals surface area contributed by atoms with Crippen LogP contribution in [0.3, 0.4) is 0 Å². The van der Waals surface area contributed by atoms with E-state index in [1.54, 1.807) is 6.07 Å². The van der Waals surface area contributed by atoms with Gasteiger partial charge < -0.3 is 9.80 Å². The Balaban J connectivity index is 1.06. The van der Waals surface area contributed by atoms with Crippen LogP contribution >= 0.6 is 11.3 Å². The van der Waals surface area contributed by atoms with Crippen LogP contribution in [0.2, 0.25) is 0 Å². The minimum atomic E-state index is -0.296. The molecule has 0 fully saturated rings. The molecule has 0 aliphatic heterocycles. The molecule has 312 valence electrons. The van der Waals surface area contributed by atoms with Crippen LogP contribution in [0.15, 0.2) is 249 Å². The number of anilines is 6. The van der Waals surface area contributed by atoms with E-state index in [0.29, 0.717) is 5.69 Å². The van der Waals surface area contributed by atoms with Crippen LogP contribution in [0, 0.1) is 5.82 Å². The molecule has 1 heterocycles. The second-order valence-electron chi connectivity index (χ2n) is 16.6. The Hall–Kier alpha value is -8.31. The van der Waals surface area contributed by atoms with Gasteiger partial charge in [0.15, 0.2) is 0 Å². The van der Waals surface area contributed by atoms with Gasteiger partial charge in [0.05, 0.1) is 11.4 Å². The molecule has 12 rings (SSSR count). The van der Waals surface area contributed by atoms with Gasteiger partial charge in [-0.2, -0.15) is 0 Å². The van der Waals surface area contributed by atoms with Crippen molar-refractivity contribution in [2.75, 3.05) is 9.80 Å². The predicted molar refractivity (Wildman–Crippen MR) is 280 cm³/mol. The van der Waals surface area contributed by atoms with E-state index < -0.39 is 0 Å². The van der Waals surface area contributed by atoms with Crippen molar-refractivity contribution in [1.29, 1.82) is 0 Å². The average molecular weight is 865 g/mol. The minimum absolute atomic E-state index is 0.296. The fourth-order valence-electron chi connectivity index (χ4n) is 9.69. The molecule has 2 nitrogen and oxygen atoms in total. The molecule has 1 aromatic heterocycles. The van der Waals surface area contributed by atoms with E-state index in [9.17, 15) is 0 Å². The lowest BCUT2D eigenvalue weighted by molar-refractivity contribution is 0.630. The first kappa shape index (κ1) is 39.3. The summed E-state index contributed by atoms with van der Waals surface area (Å²) < 4.78 is 19.8. The van der Waals surface area contributed by atoms with Crippen LogP contribution in [0.1, 0.15) is 0 Å². The maximum atomic E-state index is 17.4. The van der Waals surface area contributed by atoms with Gasteiger partial charge in [-0.3, -0.25) is 0 Å². The molecule has 4 heteroatoms. The normalized spacial score (nSPS) is 11.4. The van der Waals surface area contributed by atoms with Gasteiger partial charge in [0, 0.05) is 59.4 Å². The van der Waals surface area contributed by atoms with Gasteiger partial charge in [-0.05, 0) is 105 Å². The second-order valence-corrected chi connectivity index (χ2v) is 17.6. The number of rotatable bonds is 9. The summed E-state index contributed by atoms with van der Waals surface area (Å²) in [6.45, 7) is 0. The van der Waals surface area contributed by atoms with Gasteiger partial charge in [-0.15, -0.1) is 11.3 Å². The van der Waals surface area contributed by atoms with Crippen LogP contribution in [0.4, 0.5) is 38.5 Å². The Morgan fingerprint density at radius 1 is 0.318 bits per heavy atom. The Bertz CT molecular complexity index is 3700. The third-order valence-electron chi connectivity index (χ3n) is 12.7. The van der Waals surface area contributed by atoms with E-state index >= 15 is 4.39 Å². The highest BCUT2D eigenvalue weighted by Crippen LogP contribution is 2.50. The van der Waals surface area contributed by atoms with Crippen LogP contribution in [-0.4, -0.2) is 0 Å².